The van der Waals surface area contributed by atoms with Gasteiger partial charge in [-0.2, -0.15) is 0 Å². The third-order valence-electron chi connectivity index (χ3n) is 2.65. The van der Waals surface area contributed by atoms with E-state index in [2.05, 4.69) is 16.5 Å². The molecule has 0 saturated heterocycles. The molecule has 0 fully saturated rings. The Hall–Kier alpha value is -1.12. The van der Waals surface area contributed by atoms with Crippen LogP contribution in [-0.2, 0) is 24.2 Å². The number of imidazole rings is 1. The first kappa shape index (κ1) is 8.48. The molecule has 2 heterocycles. The number of Topliss-reactive ketones (excluding diaryl/α,β-unsaturated/α-hetero) is 1. The van der Waals surface area contributed by atoms with Gasteiger partial charge >= 0.3 is 0 Å². The lowest BCUT2D eigenvalue weighted by Crippen LogP contribution is -2.20. The van der Waals surface area contributed by atoms with Gasteiger partial charge in [-0.25, -0.2) is 4.98 Å². The van der Waals surface area contributed by atoms with Gasteiger partial charge < -0.3 is 4.57 Å². The molecule has 0 unspecified atom stereocenters. The number of hydrogen-bond acceptors (Lipinski definition) is 2. The van der Waals surface area contributed by atoms with Gasteiger partial charge in [0.05, 0.1) is 5.69 Å². The van der Waals surface area contributed by atoms with Crippen LogP contribution in [0.1, 0.15) is 30.6 Å². The summed E-state index contributed by atoms with van der Waals surface area (Å²) in [5, 5.41) is 0. The number of hydrogen-bond donors (Lipinski definition) is 0. The fourth-order valence-electron chi connectivity index (χ4n) is 1.94. The Bertz CT molecular complexity index is 352. The van der Waals surface area contributed by atoms with Gasteiger partial charge in [-0.15, -0.1) is 0 Å². The fourth-order valence-corrected chi connectivity index (χ4v) is 1.94. The summed E-state index contributed by atoms with van der Waals surface area (Å²) in [6.07, 6.45) is 2.21. The number of fused-ring (bicyclic) bond motifs is 1. The highest BCUT2D eigenvalue weighted by Crippen LogP contribution is 2.18. The summed E-state index contributed by atoms with van der Waals surface area (Å²) in [4.78, 5) is 15.7. The van der Waals surface area contributed by atoms with Crippen LogP contribution >= 0.6 is 0 Å². The Morgan fingerprint density at radius 1 is 1.54 bits per heavy atom. The van der Waals surface area contributed by atoms with Crippen molar-refractivity contribution in [2.75, 3.05) is 0 Å². The van der Waals surface area contributed by atoms with Gasteiger partial charge in [-0.05, 0) is 6.92 Å². The normalized spacial score (nSPS) is 16.0. The van der Waals surface area contributed by atoms with Crippen molar-refractivity contribution < 1.29 is 4.79 Å². The van der Waals surface area contributed by atoms with Crippen molar-refractivity contribution in [2.45, 2.75) is 39.7 Å². The van der Waals surface area contributed by atoms with Gasteiger partial charge in [0.15, 0.2) is 0 Å². The van der Waals surface area contributed by atoms with Crippen molar-refractivity contribution in [1.29, 1.82) is 0 Å². The Kier molecular flexibility index (Phi) is 1.94. The minimum absolute atomic E-state index is 0.346. The molecule has 0 amide bonds. The third-order valence-corrected chi connectivity index (χ3v) is 2.65. The molecule has 0 bridgehead atoms. The SMILES string of the molecule is CCc1nc(C)c2n1CCC(=O)C2. The van der Waals surface area contributed by atoms with E-state index in [0.717, 1.165) is 30.2 Å². The Morgan fingerprint density at radius 2 is 2.31 bits per heavy atom. The van der Waals surface area contributed by atoms with E-state index >= 15 is 0 Å². The average Bonchev–Trinajstić information content (AvgIpc) is 2.43. The minimum Gasteiger partial charge on any atom is -0.331 e. The quantitative estimate of drug-likeness (QED) is 0.649. The lowest BCUT2D eigenvalue weighted by molar-refractivity contribution is -0.119. The molecule has 0 spiro atoms. The first-order chi connectivity index (χ1) is 6.22. The Morgan fingerprint density at radius 3 is 3.00 bits per heavy atom. The topological polar surface area (TPSA) is 34.9 Å². The Labute approximate surface area is 77.8 Å². The highest BCUT2D eigenvalue weighted by atomic mass is 16.1. The van der Waals surface area contributed by atoms with E-state index in [-0.39, 0.29) is 0 Å². The highest BCUT2D eigenvalue weighted by Gasteiger charge is 2.20. The molecule has 0 aromatic carbocycles. The maximum atomic E-state index is 11.2. The molecule has 0 N–H and O–H groups in total. The summed E-state index contributed by atoms with van der Waals surface area (Å²) in [6.45, 7) is 4.92. The summed E-state index contributed by atoms with van der Waals surface area (Å²) >= 11 is 0. The zero-order chi connectivity index (χ0) is 9.42. The second kappa shape index (κ2) is 2.98. The van der Waals surface area contributed by atoms with Crippen molar-refractivity contribution in [3.05, 3.63) is 17.2 Å². The van der Waals surface area contributed by atoms with Crippen LogP contribution in [0.15, 0.2) is 0 Å². The number of carbonyl (C=O) groups is 1. The minimum atomic E-state index is 0.346. The summed E-state index contributed by atoms with van der Waals surface area (Å²) in [7, 11) is 0. The molecular weight excluding hydrogens is 164 g/mol. The van der Waals surface area contributed by atoms with Crippen LogP contribution in [0.2, 0.25) is 0 Å². The number of rotatable bonds is 1. The van der Waals surface area contributed by atoms with Crippen LogP contribution in [0, 0.1) is 6.92 Å². The molecule has 1 aromatic rings. The molecule has 0 aliphatic carbocycles. The van der Waals surface area contributed by atoms with Gasteiger partial charge in [-0.1, -0.05) is 6.92 Å². The molecule has 0 radical (unpaired) electrons. The van der Waals surface area contributed by atoms with Gasteiger partial charge in [0.1, 0.15) is 11.6 Å². The molecule has 0 atom stereocenters. The summed E-state index contributed by atoms with van der Waals surface area (Å²) < 4.78 is 2.21. The van der Waals surface area contributed by atoms with Crippen LogP contribution < -0.4 is 0 Å². The predicted octanol–water partition coefficient (Wildman–Crippen LogP) is 1.27. The maximum Gasteiger partial charge on any atom is 0.140 e. The molecule has 13 heavy (non-hydrogen) atoms. The van der Waals surface area contributed by atoms with Gasteiger partial charge in [-0.3, -0.25) is 4.79 Å². The maximum absolute atomic E-state index is 11.2. The number of aromatic nitrogens is 2. The smallest absolute Gasteiger partial charge is 0.140 e. The van der Waals surface area contributed by atoms with E-state index in [0.29, 0.717) is 18.6 Å². The number of carbonyl (C=O) groups excluding carboxylic acids is 1. The van der Waals surface area contributed by atoms with Crippen LogP contribution in [-0.4, -0.2) is 15.3 Å². The molecule has 1 aliphatic heterocycles. The zero-order valence-corrected chi connectivity index (χ0v) is 8.13. The molecule has 3 nitrogen and oxygen atoms in total. The number of aryl methyl sites for hydroxylation is 2. The van der Waals surface area contributed by atoms with Crippen LogP contribution in [0.25, 0.3) is 0 Å². The van der Waals surface area contributed by atoms with Crippen molar-refractivity contribution in [3.63, 3.8) is 0 Å². The van der Waals surface area contributed by atoms with Crippen molar-refractivity contribution in [1.82, 2.24) is 9.55 Å². The van der Waals surface area contributed by atoms with E-state index in [1.54, 1.807) is 0 Å². The molecule has 1 aliphatic rings. The molecule has 2 rings (SSSR count). The summed E-state index contributed by atoms with van der Waals surface area (Å²) in [5.41, 5.74) is 2.16. The van der Waals surface area contributed by atoms with Crippen molar-refractivity contribution in [2.24, 2.45) is 0 Å². The van der Waals surface area contributed by atoms with E-state index in [4.69, 9.17) is 0 Å². The second-order valence-electron chi connectivity index (χ2n) is 3.53. The molecule has 70 valence electrons. The number of nitrogens with zero attached hydrogens (tertiary/aromatic N) is 2. The van der Waals surface area contributed by atoms with Crippen molar-refractivity contribution in [3.8, 4) is 0 Å². The van der Waals surface area contributed by atoms with Crippen LogP contribution in [0.5, 0.6) is 0 Å². The lowest BCUT2D eigenvalue weighted by Gasteiger charge is -2.15. The molecule has 0 saturated carbocycles. The summed E-state index contributed by atoms with van der Waals surface area (Å²) in [6, 6.07) is 0. The lowest BCUT2D eigenvalue weighted by atomic mass is 10.1. The standard InChI is InChI=1S/C10H14N2O/c1-3-10-11-7(2)9-6-8(13)4-5-12(9)10/h3-6H2,1-2H3. The zero-order valence-electron chi connectivity index (χ0n) is 8.13. The Balaban J connectivity index is 2.47. The van der Waals surface area contributed by atoms with Crippen LogP contribution in [0.3, 0.4) is 0 Å². The highest BCUT2D eigenvalue weighted by molar-refractivity contribution is 5.81. The van der Waals surface area contributed by atoms with Gasteiger partial charge in [0.25, 0.3) is 0 Å². The summed E-state index contributed by atoms with van der Waals surface area (Å²) in [5.74, 6) is 1.47. The van der Waals surface area contributed by atoms with E-state index in [9.17, 15) is 4.79 Å². The average molecular weight is 178 g/mol. The van der Waals surface area contributed by atoms with Gasteiger partial charge in [0.2, 0.25) is 0 Å². The van der Waals surface area contributed by atoms with E-state index in [1.165, 1.54) is 0 Å². The fraction of sp³-hybridized carbons (Fsp3) is 0.600. The van der Waals surface area contributed by atoms with E-state index in [1.807, 2.05) is 6.92 Å². The first-order valence-corrected chi connectivity index (χ1v) is 4.79. The van der Waals surface area contributed by atoms with Gasteiger partial charge in [0, 0.05) is 31.5 Å². The van der Waals surface area contributed by atoms with Crippen LogP contribution in [0.4, 0.5) is 0 Å². The second-order valence-corrected chi connectivity index (χ2v) is 3.53. The molecule has 3 heteroatoms. The number of ketones is 1. The first-order valence-electron chi connectivity index (χ1n) is 4.79. The monoisotopic (exact) mass is 178 g/mol. The largest absolute Gasteiger partial charge is 0.331 e. The molecular formula is C10H14N2O. The molecule has 1 aromatic heterocycles. The third kappa shape index (κ3) is 1.28. The van der Waals surface area contributed by atoms with E-state index < -0.39 is 0 Å². The van der Waals surface area contributed by atoms with Crippen molar-refractivity contribution >= 4 is 5.78 Å². The predicted molar refractivity (Wildman–Crippen MR) is 49.7 cm³/mol.